The molecule has 17 heavy (non-hydrogen) atoms. The Hall–Kier alpha value is -1.54. The molecule has 0 saturated heterocycles. The number of nitrogens with two attached hydrogens (primary N) is 1. The van der Waals surface area contributed by atoms with Crippen LogP contribution >= 0.6 is 0 Å². The molecule has 0 aromatic heterocycles. The van der Waals surface area contributed by atoms with Gasteiger partial charge in [0.25, 0.3) is 0 Å². The van der Waals surface area contributed by atoms with Crippen LogP contribution in [0.1, 0.15) is 18.1 Å². The molecular weight excluding hydrogens is 210 g/mol. The highest BCUT2D eigenvalue weighted by molar-refractivity contribution is 5.88. The van der Waals surface area contributed by atoms with E-state index in [4.69, 9.17) is 10.5 Å². The lowest BCUT2D eigenvalue weighted by Gasteiger charge is -2.15. The van der Waals surface area contributed by atoms with Crippen LogP contribution in [0.2, 0.25) is 0 Å². The minimum Gasteiger partial charge on any atom is -0.494 e. The fraction of sp³-hybridized carbons (Fsp3) is 0.333. The lowest BCUT2D eigenvalue weighted by molar-refractivity contribution is 0.337. The first-order valence-corrected chi connectivity index (χ1v) is 6.12. The van der Waals surface area contributed by atoms with Crippen molar-refractivity contribution in [2.75, 3.05) is 13.2 Å². The van der Waals surface area contributed by atoms with Crippen molar-refractivity contribution >= 4 is 10.8 Å². The fourth-order valence-corrected chi connectivity index (χ4v) is 2.28. The first kappa shape index (κ1) is 11.9. The highest BCUT2D eigenvalue weighted by Crippen LogP contribution is 2.30. The second kappa shape index (κ2) is 5.19. The van der Waals surface area contributed by atoms with Crippen LogP contribution in [0, 0.1) is 6.92 Å². The first-order chi connectivity index (χ1) is 8.27. The van der Waals surface area contributed by atoms with Gasteiger partial charge < -0.3 is 10.5 Å². The summed E-state index contributed by atoms with van der Waals surface area (Å²) < 4.78 is 5.72. The molecule has 2 N–H and O–H groups in total. The van der Waals surface area contributed by atoms with Crippen molar-refractivity contribution in [3.8, 4) is 5.75 Å². The van der Waals surface area contributed by atoms with Gasteiger partial charge in [0.05, 0.1) is 6.61 Å². The van der Waals surface area contributed by atoms with E-state index in [9.17, 15) is 0 Å². The van der Waals surface area contributed by atoms with Crippen molar-refractivity contribution < 1.29 is 4.74 Å². The molecule has 0 unspecified atom stereocenters. The van der Waals surface area contributed by atoms with Gasteiger partial charge in [-0.1, -0.05) is 24.3 Å². The maximum atomic E-state index is 5.72. The highest BCUT2D eigenvalue weighted by atomic mass is 16.5. The summed E-state index contributed by atoms with van der Waals surface area (Å²) in [4.78, 5) is 0. The van der Waals surface area contributed by atoms with Gasteiger partial charge in [0.2, 0.25) is 0 Å². The Morgan fingerprint density at radius 3 is 2.71 bits per heavy atom. The van der Waals surface area contributed by atoms with Gasteiger partial charge in [0.15, 0.2) is 0 Å². The topological polar surface area (TPSA) is 35.2 Å². The summed E-state index contributed by atoms with van der Waals surface area (Å²) in [7, 11) is 0. The van der Waals surface area contributed by atoms with Crippen molar-refractivity contribution in [2.24, 2.45) is 5.73 Å². The average Bonchev–Trinajstić information content (AvgIpc) is 2.34. The van der Waals surface area contributed by atoms with Gasteiger partial charge in [0.1, 0.15) is 5.75 Å². The van der Waals surface area contributed by atoms with Gasteiger partial charge in [-0.15, -0.1) is 0 Å². The molecule has 0 aliphatic heterocycles. The third-order valence-electron chi connectivity index (χ3n) is 3.10. The molecule has 0 fully saturated rings. The fourth-order valence-electron chi connectivity index (χ4n) is 2.28. The Morgan fingerprint density at radius 1 is 1.24 bits per heavy atom. The van der Waals surface area contributed by atoms with Crippen LogP contribution in [0.15, 0.2) is 30.3 Å². The number of hydrogen-bond acceptors (Lipinski definition) is 2. The van der Waals surface area contributed by atoms with E-state index in [-0.39, 0.29) is 0 Å². The molecule has 2 heteroatoms. The highest BCUT2D eigenvalue weighted by Gasteiger charge is 2.10. The Morgan fingerprint density at radius 2 is 2.00 bits per heavy atom. The summed E-state index contributed by atoms with van der Waals surface area (Å²) in [5.74, 6) is 0.981. The van der Waals surface area contributed by atoms with Crippen LogP contribution in [0.4, 0.5) is 0 Å². The molecule has 0 spiro atoms. The third kappa shape index (κ3) is 2.27. The Labute approximate surface area is 102 Å². The van der Waals surface area contributed by atoms with Gasteiger partial charge >= 0.3 is 0 Å². The van der Waals surface area contributed by atoms with Crippen molar-refractivity contribution in [1.82, 2.24) is 0 Å². The number of benzene rings is 2. The Balaban J connectivity index is 2.65. The summed E-state index contributed by atoms with van der Waals surface area (Å²) in [6.45, 7) is 5.50. The van der Waals surface area contributed by atoms with E-state index >= 15 is 0 Å². The molecule has 2 nitrogen and oxygen atoms in total. The number of hydrogen-bond donors (Lipinski definition) is 1. The predicted octanol–water partition coefficient (Wildman–Crippen LogP) is 3.05. The quantitative estimate of drug-likeness (QED) is 0.874. The van der Waals surface area contributed by atoms with Gasteiger partial charge in [-0.3, -0.25) is 0 Å². The van der Waals surface area contributed by atoms with Crippen LogP contribution in [0.25, 0.3) is 10.8 Å². The number of aryl methyl sites for hydroxylation is 1. The minimum atomic E-state index is 0.652. The van der Waals surface area contributed by atoms with Crippen LogP contribution in [-0.4, -0.2) is 13.2 Å². The van der Waals surface area contributed by atoms with Gasteiger partial charge in [0, 0.05) is 0 Å². The maximum Gasteiger partial charge on any atom is 0.123 e. The molecule has 0 heterocycles. The van der Waals surface area contributed by atoms with E-state index in [1.165, 1.54) is 21.9 Å². The third-order valence-corrected chi connectivity index (χ3v) is 3.10. The summed E-state index contributed by atoms with van der Waals surface area (Å²) >= 11 is 0. The average molecular weight is 229 g/mol. The molecule has 0 amide bonds. The smallest absolute Gasteiger partial charge is 0.123 e. The van der Waals surface area contributed by atoms with Crippen LogP contribution in [0.3, 0.4) is 0 Å². The van der Waals surface area contributed by atoms with Crippen LogP contribution in [0.5, 0.6) is 5.75 Å². The summed E-state index contributed by atoms with van der Waals surface area (Å²) in [5, 5.41) is 2.52. The van der Waals surface area contributed by atoms with E-state index in [1.54, 1.807) is 0 Å². The zero-order chi connectivity index (χ0) is 12.3. The molecule has 90 valence electrons. The Kier molecular flexibility index (Phi) is 3.64. The summed E-state index contributed by atoms with van der Waals surface area (Å²) in [6, 6.07) is 10.5. The second-order valence-electron chi connectivity index (χ2n) is 4.17. The van der Waals surface area contributed by atoms with E-state index in [0.29, 0.717) is 13.2 Å². The minimum absolute atomic E-state index is 0.652. The van der Waals surface area contributed by atoms with Gasteiger partial charge in [-0.25, -0.2) is 0 Å². The molecule has 0 radical (unpaired) electrons. The van der Waals surface area contributed by atoms with Crippen molar-refractivity contribution in [1.29, 1.82) is 0 Å². The van der Waals surface area contributed by atoms with E-state index in [0.717, 1.165) is 12.2 Å². The number of fused-ring (bicyclic) bond motifs is 1. The summed E-state index contributed by atoms with van der Waals surface area (Å²) in [6.07, 6.45) is 0.867. The van der Waals surface area contributed by atoms with E-state index in [1.807, 2.05) is 6.92 Å². The molecule has 0 atom stereocenters. The van der Waals surface area contributed by atoms with Crippen LogP contribution < -0.4 is 10.5 Å². The van der Waals surface area contributed by atoms with Crippen LogP contribution in [-0.2, 0) is 6.42 Å². The molecule has 0 saturated carbocycles. The zero-order valence-electron chi connectivity index (χ0n) is 10.5. The molecular formula is C15H19NO. The van der Waals surface area contributed by atoms with Gasteiger partial charge in [-0.05, 0) is 54.8 Å². The standard InChI is InChI=1S/C15H19NO/c1-3-17-15-10-12-6-4-5-7-13(12)11(2)14(15)8-9-16/h4-7,10H,3,8-9,16H2,1-2H3. The lowest BCUT2D eigenvalue weighted by atomic mass is 9.97. The normalized spacial score (nSPS) is 10.8. The zero-order valence-corrected chi connectivity index (χ0v) is 10.5. The molecule has 2 aromatic carbocycles. The van der Waals surface area contributed by atoms with Crippen molar-refractivity contribution in [2.45, 2.75) is 20.3 Å². The first-order valence-electron chi connectivity index (χ1n) is 6.12. The SMILES string of the molecule is CCOc1cc2ccccc2c(C)c1CCN. The Bertz CT molecular complexity index is 520. The molecule has 2 aromatic rings. The van der Waals surface area contributed by atoms with Crippen molar-refractivity contribution in [3.05, 3.63) is 41.5 Å². The molecule has 0 bridgehead atoms. The van der Waals surface area contributed by atoms with Gasteiger partial charge in [-0.2, -0.15) is 0 Å². The molecule has 0 aliphatic carbocycles. The second-order valence-corrected chi connectivity index (χ2v) is 4.17. The predicted molar refractivity (Wildman–Crippen MR) is 72.6 cm³/mol. The van der Waals surface area contributed by atoms with Crippen molar-refractivity contribution in [3.63, 3.8) is 0 Å². The van der Waals surface area contributed by atoms with E-state index in [2.05, 4.69) is 37.3 Å². The number of rotatable bonds is 4. The lowest BCUT2D eigenvalue weighted by Crippen LogP contribution is -2.07. The molecule has 2 rings (SSSR count). The van der Waals surface area contributed by atoms with E-state index < -0.39 is 0 Å². The monoisotopic (exact) mass is 229 g/mol. The largest absolute Gasteiger partial charge is 0.494 e. The summed E-state index contributed by atoms with van der Waals surface area (Å²) in [5.41, 5.74) is 8.22. The molecule has 0 aliphatic rings. The number of ether oxygens (including phenoxy) is 1. The maximum absolute atomic E-state index is 5.72.